The Balaban J connectivity index is 2.05. The van der Waals surface area contributed by atoms with Gasteiger partial charge in [-0.3, -0.25) is 19.9 Å². The van der Waals surface area contributed by atoms with Crippen LogP contribution in [0.2, 0.25) is 0 Å². The van der Waals surface area contributed by atoms with Crippen LogP contribution in [0.3, 0.4) is 0 Å². The Morgan fingerprint density at radius 2 is 1.74 bits per heavy atom. The van der Waals surface area contributed by atoms with Crippen LogP contribution < -0.4 is 15.8 Å². The van der Waals surface area contributed by atoms with Gasteiger partial charge >= 0.3 is 17.9 Å². The Labute approximate surface area is 201 Å². The lowest BCUT2D eigenvalue weighted by Gasteiger charge is -2.30. The molecular weight excluding hydrogens is 460 g/mol. The average molecular weight is 488 g/mol. The lowest BCUT2D eigenvalue weighted by Crippen LogP contribution is -2.53. The van der Waals surface area contributed by atoms with Crippen LogP contribution in [0.15, 0.2) is 40.8 Å². The third-order valence-corrected chi connectivity index (χ3v) is 5.01. The van der Waals surface area contributed by atoms with Gasteiger partial charge in [0.15, 0.2) is 0 Å². The Bertz CT molecular complexity index is 1090. The molecule has 0 aliphatic heterocycles. The highest BCUT2D eigenvalue weighted by Crippen LogP contribution is 2.18. The van der Waals surface area contributed by atoms with E-state index in [1.54, 1.807) is 31.9 Å². The number of amidine groups is 1. The summed E-state index contributed by atoms with van der Waals surface area (Å²) in [4.78, 5) is 49.0. The van der Waals surface area contributed by atoms with Crippen molar-refractivity contribution >= 4 is 29.7 Å². The molecule has 0 spiro atoms. The summed E-state index contributed by atoms with van der Waals surface area (Å²) in [5.41, 5.74) is 5.88. The van der Waals surface area contributed by atoms with Crippen molar-refractivity contribution < 1.29 is 38.5 Å². The highest BCUT2D eigenvalue weighted by Gasteiger charge is 2.31. The number of furan rings is 1. The summed E-state index contributed by atoms with van der Waals surface area (Å²) >= 11 is 0. The number of likely N-dealkylation sites (N-methyl/N-ethyl adjacent to an activating group) is 1. The highest BCUT2D eigenvalue weighted by atomic mass is 16.5. The molecule has 0 aliphatic carbocycles. The van der Waals surface area contributed by atoms with Gasteiger partial charge < -0.3 is 30.4 Å². The molecule has 6 N–H and O–H groups in total. The summed E-state index contributed by atoms with van der Waals surface area (Å²) in [7, 11) is 1.62. The van der Waals surface area contributed by atoms with E-state index >= 15 is 0 Å². The summed E-state index contributed by atoms with van der Waals surface area (Å²) in [6.07, 6.45) is -0.753. The standard InChI is InChI=1S/C23H28N4O8/c1-12(2)19(21(30)26-16(22(31)32)10-18(28)29)27(3)11-15-8-9-17(34-15)23(33)35-14-6-4-13(5-7-14)20(24)25/h4-9,12,16,19H,10-11H2,1-3H3,(H3,24,25)(H,26,30)(H,28,29)(H,31,32)/t16-,19-/m0/s1. The van der Waals surface area contributed by atoms with Crippen molar-refractivity contribution in [3.8, 4) is 5.75 Å². The van der Waals surface area contributed by atoms with Crippen LogP contribution in [0, 0.1) is 11.3 Å². The fourth-order valence-corrected chi connectivity index (χ4v) is 3.42. The van der Waals surface area contributed by atoms with Crippen LogP contribution in [-0.2, 0) is 20.9 Å². The van der Waals surface area contributed by atoms with Gasteiger partial charge in [0, 0.05) is 5.56 Å². The average Bonchev–Trinajstić information content (AvgIpc) is 3.21. The Kier molecular flexibility index (Phi) is 9.11. The molecule has 0 radical (unpaired) electrons. The zero-order valence-electron chi connectivity index (χ0n) is 19.5. The van der Waals surface area contributed by atoms with Gasteiger partial charge in [0.25, 0.3) is 0 Å². The summed E-state index contributed by atoms with van der Waals surface area (Å²) in [6.45, 7) is 3.62. The van der Waals surface area contributed by atoms with E-state index in [0.29, 0.717) is 11.3 Å². The second-order valence-electron chi connectivity index (χ2n) is 8.19. The van der Waals surface area contributed by atoms with E-state index in [0.717, 1.165) is 0 Å². The first-order valence-corrected chi connectivity index (χ1v) is 10.6. The number of carbonyl (C=O) groups is 4. The fraction of sp³-hybridized carbons (Fsp3) is 0.348. The molecule has 2 atom stereocenters. The van der Waals surface area contributed by atoms with Crippen LogP contribution in [-0.4, -0.2) is 63.9 Å². The van der Waals surface area contributed by atoms with E-state index in [4.69, 9.17) is 25.4 Å². The maximum absolute atomic E-state index is 12.8. The van der Waals surface area contributed by atoms with Gasteiger partial charge in [0.05, 0.1) is 19.0 Å². The summed E-state index contributed by atoms with van der Waals surface area (Å²) < 4.78 is 10.8. The van der Waals surface area contributed by atoms with Gasteiger partial charge in [-0.25, -0.2) is 9.59 Å². The highest BCUT2D eigenvalue weighted by molar-refractivity contribution is 5.95. The van der Waals surface area contributed by atoms with Crippen molar-refractivity contribution in [3.63, 3.8) is 0 Å². The molecule has 0 fully saturated rings. The molecule has 188 valence electrons. The van der Waals surface area contributed by atoms with Gasteiger partial charge in [0.2, 0.25) is 11.7 Å². The second kappa shape index (κ2) is 11.8. The number of aliphatic carboxylic acids is 2. The zero-order chi connectivity index (χ0) is 26.3. The Hall–Kier alpha value is -4.19. The number of nitrogens with zero attached hydrogens (tertiary/aromatic N) is 1. The van der Waals surface area contributed by atoms with Crippen LogP contribution in [0.4, 0.5) is 0 Å². The molecule has 1 heterocycles. The molecule has 1 aromatic heterocycles. The lowest BCUT2D eigenvalue weighted by molar-refractivity contribution is -0.148. The number of hydrogen-bond acceptors (Lipinski definition) is 8. The minimum Gasteiger partial charge on any atom is -0.481 e. The number of amides is 1. The van der Waals surface area contributed by atoms with Crippen molar-refractivity contribution in [2.45, 2.75) is 38.9 Å². The number of carboxylic acid groups (broad SMARTS) is 2. The number of nitrogens with one attached hydrogen (secondary N) is 2. The number of carbonyl (C=O) groups excluding carboxylic acids is 2. The minimum absolute atomic E-state index is 0.0676. The zero-order valence-corrected chi connectivity index (χ0v) is 19.5. The predicted molar refractivity (Wildman–Crippen MR) is 123 cm³/mol. The molecule has 2 rings (SSSR count). The first kappa shape index (κ1) is 27.1. The first-order chi connectivity index (χ1) is 16.4. The van der Waals surface area contributed by atoms with Gasteiger partial charge in [0.1, 0.15) is 23.4 Å². The number of rotatable bonds is 12. The number of carboxylic acids is 2. The van der Waals surface area contributed by atoms with Crippen molar-refractivity contribution in [2.75, 3.05) is 7.05 Å². The van der Waals surface area contributed by atoms with Crippen LogP contribution in [0.5, 0.6) is 5.75 Å². The number of nitrogen functional groups attached to an aromatic ring is 1. The van der Waals surface area contributed by atoms with Crippen molar-refractivity contribution in [3.05, 3.63) is 53.5 Å². The number of benzene rings is 1. The lowest BCUT2D eigenvalue weighted by atomic mass is 10.0. The molecule has 0 bridgehead atoms. The molecule has 2 aromatic rings. The van der Waals surface area contributed by atoms with E-state index in [1.165, 1.54) is 30.3 Å². The summed E-state index contributed by atoms with van der Waals surface area (Å²) in [6, 6.07) is 6.67. The maximum Gasteiger partial charge on any atom is 0.379 e. The van der Waals surface area contributed by atoms with Crippen molar-refractivity contribution in [1.82, 2.24) is 10.2 Å². The normalized spacial score (nSPS) is 12.7. The van der Waals surface area contributed by atoms with Crippen LogP contribution in [0.1, 0.15) is 42.1 Å². The van der Waals surface area contributed by atoms with Crippen molar-refractivity contribution in [1.29, 1.82) is 5.41 Å². The maximum atomic E-state index is 12.8. The van der Waals surface area contributed by atoms with Crippen LogP contribution >= 0.6 is 0 Å². The predicted octanol–water partition coefficient (Wildman–Crippen LogP) is 1.28. The fourth-order valence-electron chi connectivity index (χ4n) is 3.42. The Morgan fingerprint density at radius 1 is 1.11 bits per heavy atom. The quantitative estimate of drug-likeness (QED) is 0.126. The third kappa shape index (κ3) is 7.67. The summed E-state index contributed by atoms with van der Waals surface area (Å²) in [5, 5.41) is 27.7. The van der Waals surface area contributed by atoms with Crippen molar-refractivity contribution in [2.24, 2.45) is 11.7 Å². The molecule has 12 nitrogen and oxygen atoms in total. The number of esters is 1. The van der Waals surface area contributed by atoms with Gasteiger partial charge in [-0.15, -0.1) is 0 Å². The molecule has 12 heteroatoms. The van der Waals surface area contributed by atoms with E-state index in [1.807, 2.05) is 0 Å². The molecule has 1 amide bonds. The smallest absolute Gasteiger partial charge is 0.379 e. The number of hydrogen-bond donors (Lipinski definition) is 5. The van der Waals surface area contributed by atoms with E-state index < -0.39 is 42.3 Å². The van der Waals surface area contributed by atoms with Gasteiger partial charge in [-0.1, -0.05) is 13.8 Å². The van der Waals surface area contributed by atoms with Crippen LogP contribution in [0.25, 0.3) is 0 Å². The minimum atomic E-state index is -1.57. The molecule has 1 aromatic carbocycles. The second-order valence-corrected chi connectivity index (χ2v) is 8.19. The van der Waals surface area contributed by atoms with E-state index in [2.05, 4.69) is 5.32 Å². The van der Waals surface area contributed by atoms with E-state index in [9.17, 15) is 24.3 Å². The Morgan fingerprint density at radius 3 is 2.26 bits per heavy atom. The van der Waals surface area contributed by atoms with E-state index in [-0.39, 0.29) is 29.8 Å². The third-order valence-electron chi connectivity index (χ3n) is 5.01. The SMILES string of the molecule is CC(C)[C@@H](C(=O)N[C@@H](CC(=O)O)C(=O)O)N(C)Cc1ccc(C(=O)Oc2ccc(C(=N)N)cc2)o1. The molecular formula is C23H28N4O8. The monoisotopic (exact) mass is 488 g/mol. The van der Waals surface area contributed by atoms with Gasteiger partial charge in [-0.05, 0) is 49.4 Å². The molecule has 0 unspecified atom stereocenters. The molecule has 0 saturated carbocycles. The molecule has 0 saturated heterocycles. The van der Waals surface area contributed by atoms with Gasteiger partial charge in [-0.2, -0.15) is 0 Å². The molecule has 35 heavy (non-hydrogen) atoms. The number of ether oxygens (including phenoxy) is 1. The largest absolute Gasteiger partial charge is 0.481 e. The summed E-state index contributed by atoms with van der Waals surface area (Å²) in [5.74, 6) is -4.03. The topological polar surface area (TPSA) is 196 Å². The number of nitrogens with two attached hydrogens (primary N) is 1. The molecule has 0 aliphatic rings. The first-order valence-electron chi connectivity index (χ1n) is 10.6.